The van der Waals surface area contributed by atoms with E-state index in [0.29, 0.717) is 10.2 Å². The highest BCUT2D eigenvalue weighted by Gasteiger charge is 2.24. The van der Waals surface area contributed by atoms with Crippen LogP contribution in [-0.2, 0) is 18.4 Å². The lowest BCUT2D eigenvalue weighted by atomic mass is 10.0. The Balaban J connectivity index is 1.60. The van der Waals surface area contributed by atoms with Gasteiger partial charge in [0.1, 0.15) is 17.2 Å². The van der Waals surface area contributed by atoms with Crippen LogP contribution in [0.5, 0.6) is 0 Å². The summed E-state index contributed by atoms with van der Waals surface area (Å²) in [5.74, 6) is 0.682. The first-order chi connectivity index (χ1) is 13.5. The van der Waals surface area contributed by atoms with Gasteiger partial charge in [-0.1, -0.05) is 26.0 Å². The van der Waals surface area contributed by atoms with Gasteiger partial charge in [0.2, 0.25) is 5.91 Å². The van der Waals surface area contributed by atoms with Gasteiger partial charge < -0.3 is 9.88 Å². The predicted molar refractivity (Wildman–Crippen MR) is 110 cm³/mol. The van der Waals surface area contributed by atoms with Crippen LogP contribution in [0, 0.1) is 5.92 Å². The molecule has 1 unspecified atom stereocenters. The fourth-order valence-corrected chi connectivity index (χ4v) is 4.07. The van der Waals surface area contributed by atoms with Gasteiger partial charge in [-0.2, -0.15) is 0 Å². The molecule has 0 bridgehead atoms. The van der Waals surface area contributed by atoms with Gasteiger partial charge in [-0.25, -0.2) is 9.97 Å². The number of carbonyl (C=O) groups excluding carboxylic acids is 1. The number of aryl methyl sites for hydroxylation is 1. The summed E-state index contributed by atoms with van der Waals surface area (Å²) in [5.41, 5.74) is 1.70. The Bertz CT molecular complexity index is 1220. The van der Waals surface area contributed by atoms with Gasteiger partial charge in [0.05, 0.1) is 28.8 Å². The van der Waals surface area contributed by atoms with Gasteiger partial charge >= 0.3 is 0 Å². The maximum atomic E-state index is 12.7. The number of fused-ring (bicyclic) bond motifs is 2. The second-order valence-corrected chi connectivity index (χ2v) is 8.02. The van der Waals surface area contributed by atoms with Crippen molar-refractivity contribution in [2.75, 3.05) is 0 Å². The summed E-state index contributed by atoms with van der Waals surface area (Å²) in [6, 6.07) is 9.35. The zero-order valence-electron chi connectivity index (χ0n) is 15.9. The SMILES string of the molecule is CC(C)C(NC(=O)Cn1cnc2sccc2c1=O)c1nc2ccccc2n1C. The number of hydrogen-bond donors (Lipinski definition) is 1. The van der Waals surface area contributed by atoms with E-state index in [1.807, 2.05) is 55.1 Å². The normalized spacial score (nSPS) is 12.7. The number of amides is 1. The Morgan fingerprint density at radius 2 is 2.04 bits per heavy atom. The largest absolute Gasteiger partial charge is 0.344 e. The summed E-state index contributed by atoms with van der Waals surface area (Å²) < 4.78 is 3.35. The Labute approximate surface area is 165 Å². The van der Waals surface area contributed by atoms with Crippen LogP contribution in [0.2, 0.25) is 0 Å². The fraction of sp³-hybridized carbons (Fsp3) is 0.300. The Hall–Kier alpha value is -3.00. The van der Waals surface area contributed by atoms with E-state index in [-0.39, 0.29) is 30.0 Å². The van der Waals surface area contributed by atoms with Gasteiger partial charge in [-0.15, -0.1) is 11.3 Å². The van der Waals surface area contributed by atoms with Crippen LogP contribution in [0.25, 0.3) is 21.3 Å². The number of rotatable bonds is 5. The van der Waals surface area contributed by atoms with Gasteiger partial charge in [-0.05, 0) is 29.5 Å². The molecule has 0 saturated carbocycles. The van der Waals surface area contributed by atoms with E-state index in [9.17, 15) is 9.59 Å². The Kier molecular flexibility index (Phi) is 4.72. The third kappa shape index (κ3) is 3.20. The number of benzene rings is 1. The van der Waals surface area contributed by atoms with Crippen LogP contribution in [0.1, 0.15) is 25.7 Å². The minimum atomic E-state index is -0.265. The van der Waals surface area contributed by atoms with Crippen molar-refractivity contribution in [2.45, 2.75) is 26.4 Å². The van der Waals surface area contributed by atoms with Crippen LogP contribution in [0.3, 0.4) is 0 Å². The summed E-state index contributed by atoms with van der Waals surface area (Å²) in [4.78, 5) is 34.9. The lowest BCUT2D eigenvalue weighted by Gasteiger charge is -2.22. The molecule has 8 heteroatoms. The van der Waals surface area contributed by atoms with Crippen LogP contribution < -0.4 is 10.9 Å². The molecule has 3 heterocycles. The lowest BCUT2D eigenvalue weighted by Crippen LogP contribution is -2.37. The van der Waals surface area contributed by atoms with Crippen molar-refractivity contribution >= 4 is 38.5 Å². The minimum absolute atomic E-state index is 0.0786. The number of imidazole rings is 1. The number of para-hydroxylation sites is 2. The molecule has 4 aromatic rings. The molecule has 0 aliphatic carbocycles. The molecule has 0 spiro atoms. The van der Waals surface area contributed by atoms with E-state index >= 15 is 0 Å². The van der Waals surface area contributed by atoms with E-state index < -0.39 is 0 Å². The summed E-state index contributed by atoms with van der Waals surface area (Å²) in [7, 11) is 1.95. The van der Waals surface area contributed by atoms with Crippen molar-refractivity contribution in [3.05, 3.63) is 58.2 Å². The van der Waals surface area contributed by atoms with Crippen molar-refractivity contribution < 1.29 is 4.79 Å². The maximum absolute atomic E-state index is 12.7. The minimum Gasteiger partial charge on any atom is -0.344 e. The standard InChI is InChI=1S/C20H21N5O2S/c1-12(2)17(18-22-14-6-4-5-7-15(14)24(18)3)23-16(26)10-25-11-21-19-13(20(25)27)8-9-28-19/h4-9,11-12,17H,10H2,1-3H3,(H,23,26). The molecule has 4 rings (SSSR count). The van der Waals surface area contributed by atoms with E-state index in [1.165, 1.54) is 22.2 Å². The molecule has 1 aromatic carbocycles. The van der Waals surface area contributed by atoms with Crippen molar-refractivity contribution in [2.24, 2.45) is 13.0 Å². The second kappa shape index (κ2) is 7.20. The molecular weight excluding hydrogens is 374 g/mol. The number of hydrogen-bond acceptors (Lipinski definition) is 5. The monoisotopic (exact) mass is 395 g/mol. The van der Waals surface area contributed by atoms with Crippen molar-refractivity contribution in [3.63, 3.8) is 0 Å². The molecule has 28 heavy (non-hydrogen) atoms. The van der Waals surface area contributed by atoms with E-state index in [0.717, 1.165) is 16.9 Å². The summed E-state index contributed by atoms with van der Waals surface area (Å²) in [5, 5.41) is 5.41. The third-order valence-corrected chi connectivity index (χ3v) is 5.67. The molecule has 0 saturated heterocycles. The molecule has 0 aliphatic rings. The summed E-state index contributed by atoms with van der Waals surface area (Å²) >= 11 is 1.41. The lowest BCUT2D eigenvalue weighted by molar-refractivity contribution is -0.122. The average molecular weight is 395 g/mol. The van der Waals surface area contributed by atoms with Crippen LogP contribution in [0.4, 0.5) is 0 Å². The van der Waals surface area contributed by atoms with E-state index in [2.05, 4.69) is 10.3 Å². The molecule has 0 fully saturated rings. The first-order valence-electron chi connectivity index (χ1n) is 9.09. The number of nitrogens with one attached hydrogen (secondary N) is 1. The molecule has 0 radical (unpaired) electrons. The van der Waals surface area contributed by atoms with Crippen LogP contribution in [0.15, 0.2) is 46.8 Å². The van der Waals surface area contributed by atoms with E-state index in [4.69, 9.17) is 4.98 Å². The molecule has 144 valence electrons. The number of carbonyl (C=O) groups is 1. The molecule has 1 amide bonds. The molecule has 3 aromatic heterocycles. The maximum Gasteiger partial charge on any atom is 0.262 e. The quantitative estimate of drug-likeness (QED) is 0.563. The fourth-order valence-electron chi connectivity index (χ4n) is 3.35. The molecular formula is C20H21N5O2S. The smallest absolute Gasteiger partial charge is 0.262 e. The zero-order chi connectivity index (χ0) is 19.8. The third-order valence-electron chi connectivity index (χ3n) is 4.85. The first kappa shape index (κ1) is 18.4. The van der Waals surface area contributed by atoms with Crippen molar-refractivity contribution in [1.29, 1.82) is 0 Å². The topological polar surface area (TPSA) is 81.8 Å². The van der Waals surface area contributed by atoms with Gasteiger partial charge in [0, 0.05) is 7.05 Å². The van der Waals surface area contributed by atoms with Crippen LogP contribution >= 0.6 is 11.3 Å². The van der Waals surface area contributed by atoms with Gasteiger partial charge in [0.25, 0.3) is 5.56 Å². The highest BCUT2D eigenvalue weighted by Crippen LogP contribution is 2.24. The molecule has 0 aliphatic heterocycles. The van der Waals surface area contributed by atoms with Crippen molar-refractivity contribution in [1.82, 2.24) is 24.4 Å². The second-order valence-electron chi connectivity index (χ2n) is 7.12. The first-order valence-corrected chi connectivity index (χ1v) is 9.97. The Morgan fingerprint density at radius 3 is 2.79 bits per heavy atom. The zero-order valence-corrected chi connectivity index (χ0v) is 16.7. The number of thiophene rings is 1. The van der Waals surface area contributed by atoms with Gasteiger partial charge in [0.15, 0.2) is 0 Å². The molecule has 1 atom stereocenters. The highest BCUT2D eigenvalue weighted by molar-refractivity contribution is 7.16. The number of aromatic nitrogens is 4. The average Bonchev–Trinajstić information content (AvgIpc) is 3.27. The Morgan fingerprint density at radius 1 is 1.25 bits per heavy atom. The molecule has 1 N–H and O–H groups in total. The predicted octanol–water partition coefficient (Wildman–Crippen LogP) is 2.86. The summed E-state index contributed by atoms with van der Waals surface area (Å²) in [6.07, 6.45) is 1.43. The van der Waals surface area contributed by atoms with Crippen molar-refractivity contribution in [3.8, 4) is 0 Å². The van der Waals surface area contributed by atoms with Gasteiger partial charge in [-0.3, -0.25) is 14.2 Å². The van der Waals surface area contributed by atoms with E-state index in [1.54, 1.807) is 6.07 Å². The van der Waals surface area contributed by atoms with Crippen LogP contribution in [-0.4, -0.2) is 25.0 Å². The molecule has 7 nitrogen and oxygen atoms in total. The highest BCUT2D eigenvalue weighted by atomic mass is 32.1. The number of nitrogens with zero attached hydrogens (tertiary/aromatic N) is 4. The summed E-state index contributed by atoms with van der Waals surface area (Å²) in [6.45, 7) is 4.00.